The topological polar surface area (TPSA) is 82.7 Å². The van der Waals surface area contributed by atoms with E-state index in [0.29, 0.717) is 6.54 Å². The van der Waals surface area contributed by atoms with Crippen molar-refractivity contribution in [3.8, 4) is 0 Å². The maximum absolute atomic E-state index is 11.6. The molecule has 0 atom stereocenters. The fourth-order valence-corrected chi connectivity index (χ4v) is 1.62. The first-order valence-electron chi connectivity index (χ1n) is 6.20. The van der Waals surface area contributed by atoms with Gasteiger partial charge in [0.2, 0.25) is 0 Å². The van der Waals surface area contributed by atoms with E-state index < -0.39 is 0 Å². The first-order chi connectivity index (χ1) is 9.24. The van der Waals surface area contributed by atoms with Crippen molar-refractivity contribution >= 4 is 11.7 Å². The molecule has 0 aliphatic rings. The summed E-state index contributed by atoms with van der Waals surface area (Å²) in [6.07, 6.45) is 3.06. The molecule has 0 bridgehead atoms. The van der Waals surface area contributed by atoms with Crippen molar-refractivity contribution in [1.82, 2.24) is 20.5 Å². The molecule has 1 aromatic heterocycles. The van der Waals surface area contributed by atoms with E-state index in [1.54, 1.807) is 0 Å². The van der Waals surface area contributed by atoms with Gasteiger partial charge in [0.25, 0.3) is 0 Å². The van der Waals surface area contributed by atoms with Crippen LogP contribution in [0.3, 0.4) is 0 Å². The van der Waals surface area contributed by atoms with Gasteiger partial charge in [-0.25, -0.2) is 9.78 Å². The number of carbonyl (C=O) groups is 1. The Morgan fingerprint density at radius 2 is 2.11 bits per heavy atom. The normalized spacial score (nSPS) is 10.2. The van der Waals surface area contributed by atoms with E-state index in [9.17, 15) is 4.79 Å². The van der Waals surface area contributed by atoms with Crippen molar-refractivity contribution in [1.29, 1.82) is 0 Å². The monoisotopic (exact) mass is 259 g/mol. The maximum atomic E-state index is 11.6. The number of nitrogens with zero attached hydrogens (tertiary/aromatic N) is 2. The van der Waals surface area contributed by atoms with Crippen LogP contribution in [0.15, 0.2) is 30.6 Å². The molecule has 2 rings (SSSR count). The Kier molecular flexibility index (Phi) is 4.49. The molecule has 2 amide bonds. The van der Waals surface area contributed by atoms with Gasteiger partial charge in [0.1, 0.15) is 12.2 Å². The third kappa shape index (κ3) is 4.42. The van der Waals surface area contributed by atoms with E-state index in [0.717, 1.165) is 29.9 Å². The minimum Gasteiger partial charge on any atom is -0.338 e. The number of aryl methyl sites for hydroxylation is 2. The molecule has 0 spiro atoms. The number of H-pyrrole nitrogens is 1. The van der Waals surface area contributed by atoms with Crippen LogP contribution >= 0.6 is 0 Å². The molecule has 100 valence electrons. The molecule has 1 aromatic carbocycles. The predicted molar refractivity (Wildman–Crippen MR) is 72.9 cm³/mol. The van der Waals surface area contributed by atoms with Crippen molar-refractivity contribution in [2.75, 3.05) is 11.9 Å². The van der Waals surface area contributed by atoms with Crippen molar-refractivity contribution in [3.05, 3.63) is 42.0 Å². The first-order valence-corrected chi connectivity index (χ1v) is 6.20. The van der Waals surface area contributed by atoms with Gasteiger partial charge in [-0.15, -0.1) is 0 Å². The Morgan fingerprint density at radius 3 is 2.79 bits per heavy atom. The van der Waals surface area contributed by atoms with Gasteiger partial charge >= 0.3 is 6.03 Å². The third-order valence-electron chi connectivity index (χ3n) is 2.65. The highest BCUT2D eigenvalue weighted by molar-refractivity contribution is 5.89. The number of aromatic nitrogens is 3. The summed E-state index contributed by atoms with van der Waals surface area (Å²) in [5, 5.41) is 12.1. The smallest absolute Gasteiger partial charge is 0.319 e. The number of nitrogens with one attached hydrogen (secondary N) is 3. The zero-order valence-corrected chi connectivity index (χ0v) is 10.8. The third-order valence-corrected chi connectivity index (χ3v) is 2.65. The molecule has 3 N–H and O–H groups in total. The summed E-state index contributed by atoms with van der Waals surface area (Å²) >= 11 is 0. The molecule has 6 heteroatoms. The lowest BCUT2D eigenvalue weighted by Crippen LogP contribution is -2.29. The molecular weight excluding hydrogens is 242 g/mol. The molecule has 0 aliphatic heterocycles. The fraction of sp³-hybridized carbons (Fsp3) is 0.308. The second-order valence-electron chi connectivity index (χ2n) is 4.28. The number of hydrogen-bond acceptors (Lipinski definition) is 3. The highest BCUT2D eigenvalue weighted by Gasteiger charge is 2.01. The van der Waals surface area contributed by atoms with Gasteiger partial charge in [-0.3, -0.25) is 5.10 Å². The molecule has 0 radical (unpaired) electrons. The lowest BCUT2D eigenvalue weighted by Gasteiger charge is -2.07. The SMILES string of the molecule is Cc1ccc(NC(=O)NCCCc2ncn[nH]2)cc1. The highest BCUT2D eigenvalue weighted by atomic mass is 16.2. The molecule has 0 saturated heterocycles. The van der Waals surface area contributed by atoms with Crippen LogP contribution in [0.5, 0.6) is 0 Å². The van der Waals surface area contributed by atoms with Gasteiger partial charge < -0.3 is 10.6 Å². The van der Waals surface area contributed by atoms with Gasteiger partial charge in [0.15, 0.2) is 0 Å². The zero-order chi connectivity index (χ0) is 13.5. The van der Waals surface area contributed by atoms with Crippen LogP contribution in [0.25, 0.3) is 0 Å². The second-order valence-corrected chi connectivity index (χ2v) is 4.28. The van der Waals surface area contributed by atoms with Gasteiger partial charge in [0.05, 0.1) is 0 Å². The average molecular weight is 259 g/mol. The van der Waals surface area contributed by atoms with Crippen molar-refractivity contribution < 1.29 is 4.79 Å². The lowest BCUT2D eigenvalue weighted by atomic mass is 10.2. The van der Waals surface area contributed by atoms with Crippen LogP contribution in [0.2, 0.25) is 0 Å². The summed E-state index contributed by atoms with van der Waals surface area (Å²) < 4.78 is 0. The van der Waals surface area contributed by atoms with Gasteiger partial charge in [-0.1, -0.05) is 17.7 Å². The number of carbonyl (C=O) groups excluding carboxylic acids is 1. The van der Waals surface area contributed by atoms with Crippen LogP contribution in [0.1, 0.15) is 17.8 Å². The van der Waals surface area contributed by atoms with Crippen LogP contribution in [0, 0.1) is 6.92 Å². The minimum absolute atomic E-state index is 0.193. The largest absolute Gasteiger partial charge is 0.338 e. The van der Waals surface area contributed by atoms with Gasteiger partial charge in [-0.05, 0) is 25.5 Å². The number of urea groups is 1. The quantitative estimate of drug-likeness (QED) is 0.717. The number of aromatic amines is 1. The van der Waals surface area contributed by atoms with Gasteiger partial charge in [-0.2, -0.15) is 5.10 Å². The van der Waals surface area contributed by atoms with Crippen LogP contribution in [0.4, 0.5) is 10.5 Å². The van der Waals surface area contributed by atoms with E-state index in [-0.39, 0.29) is 6.03 Å². The van der Waals surface area contributed by atoms with E-state index in [1.165, 1.54) is 6.33 Å². The molecular formula is C13H17N5O. The van der Waals surface area contributed by atoms with E-state index >= 15 is 0 Å². The summed E-state index contributed by atoms with van der Waals surface area (Å²) in [4.78, 5) is 15.6. The molecule has 0 unspecified atom stereocenters. The Hall–Kier alpha value is -2.37. The number of amides is 2. The predicted octanol–water partition coefficient (Wildman–Crippen LogP) is 1.87. The Balaban J connectivity index is 1.65. The second kappa shape index (κ2) is 6.53. The molecule has 0 fully saturated rings. The first kappa shape index (κ1) is 13.1. The lowest BCUT2D eigenvalue weighted by molar-refractivity contribution is 0.252. The molecule has 0 saturated carbocycles. The minimum atomic E-state index is -0.193. The Morgan fingerprint density at radius 1 is 1.32 bits per heavy atom. The zero-order valence-electron chi connectivity index (χ0n) is 10.8. The van der Waals surface area contributed by atoms with Crippen LogP contribution in [-0.2, 0) is 6.42 Å². The number of hydrogen-bond donors (Lipinski definition) is 3. The Bertz CT molecular complexity index is 506. The molecule has 0 aliphatic carbocycles. The summed E-state index contributed by atoms with van der Waals surface area (Å²) in [7, 11) is 0. The average Bonchev–Trinajstić information content (AvgIpc) is 2.91. The van der Waals surface area contributed by atoms with Crippen molar-refractivity contribution in [2.24, 2.45) is 0 Å². The van der Waals surface area contributed by atoms with Crippen molar-refractivity contribution in [3.63, 3.8) is 0 Å². The van der Waals surface area contributed by atoms with Crippen molar-refractivity contribution in [2.45, 2.75) is 19.8 Å². The number of rotatable bonds is 5. The summed E-state index contributed by atoms with van der Waals surface area (Å²) in [5.74, 6) is 0.834. The summed E-state index contributed by atoms with van der Waals surface area (Å²) in [6.45, 7) is 2.60. The van der Waals surface area contributed by atoms with E-state index in [1.807, 2.05) is 31.2 Å². The summed E-state index contributed by atoms with van der Waals surface area (Å²) in [6, 6.07) is 7.48. The molecule has 1 heterocycles. The summed E-state index contributed by atoms with van der Waals surface area (Å²) in [5.41, 5.74) is 1.95. The molecule has 19 heavy (non-hydrogen) atoms. The maximum Gasteiger partial charge on any atom is 0.319 e. The van der Waals surface area contributed by atoms with Crippen LogP contribution < -0.4 is 10.6 Å². The van der Waals surface area contributed by atoms with Gasteiger partial charge in [0, 0.05) is 18.7 Å². The molecule has 2 aromatic rings. The van der Waals surface area contributed by atoms with E-state index in [2.05, 4.69) is 25.8 Å². The highest BCUT2D eigenvalue weighted by Crippen LogP contribution is 2.07. The number of anilines is 1. The standard InChI is InChI=1S/C13H17N5O/c1-10-4-6-11(7-5-10)17-13(19)14-8-2-3-12-15-9-16-18-12/h4-7,9H,2-3,8H2,1H3,(H2,14,17,19)(H,15,16,18). The fourth-order valence-electron chi connectivity index (χ4n) is 1.62. The number of benzene rings is 1. The molecule has 6 nitrogen and oxygen atoms in total. The van der Waals surface area contributed by atoms with E-state index in [4.69, 9.17) is 0 Å². The Labute approximate surface area is 111 Å². The van der Waals surface area contributed by atoms with Crippen LogP contribution in [-0.4, -0.2) is 27.8 Å².